The summed E-state index contributed by atoms with van der Waals surface area (Å²) in [5.41, 5.74) is 3.45. The smallest absolute Gasteiger partial charge is 0.325 e. The van der Waals surface area contributed by atoms with Crippen molar-refractivity contribution < 1.29 is 14.3 Å². The maximum Gasteiger partial charge on any atom is 0.325 e. The Morgan fingerprint density at radius 3 is 2.82 bits per heavy atom. The van der Waals surface area contributed by atoms with Crippen molar-refractivity contribution in [2.75, 3.05) is 13.2 Å². The number of carbonyl (C=O) groups is 2. The van der Waals surface area contributed by atoms with Crippen molar-refractivity contribution in [3.63, 3.8) is 0 Å². The number of imide groups is 1. The molecule has 1 heterocycles. The Morgan fingerprint density at radius 1 is 1.14 bits per heavy atom. The first-order valence-corrected chi connectivity index (χ1v) is 9.94. The maximum absolute atomic E-state index is 13.2. The molecule has 2 aliphatic rings. The zero-order valence-corrected chi connectivity index (χ0v) is 16.5. The van der Waals surface area contributed by atoms with Gasteiger partial charge in [0.15, 0.2) is 0 Å². The van der Waals surface area contributed by atoms with Gasteiger partial charge in [-0.05, 0) is 67.9 Å². The number of ether oxygens (including phenoxy) is 1. The molecule has 1 aliphatic heterocycles. The van der Waals surface area contributed by atoms with E-state index in [-0.39, 0.29) is 11.9 Å². The molecule has 1 N–H and O–H groups in total. The SMILES string of the molecule is Cc1ccc(C)c(OCCCN2C(=O)NC3(CCCc4ccccc43)C2=O)c1. The summed E-state index contributed by atoms with van der Waals surface area (Å²) in [7, 11) is 0. The minimum absolute atomic E-state index is 0.128. The van der Waals surface area contributed by atoms with Crippen molar-refractivity contribution >= 4 is 11.9 Å². The average molecular weight is 378 g/mol. The van der Waals surface area contributed by atoms with Gasteiger partial charge in [-0.25, -0.2) is 4.79 Å². The fourth-order valence-corrected chi connectivity index (χ4v) is 4.28. The third-order valence-electron chi connectivity index (χ3n) is 5.78. The molecular formula is C23H26N2O3. The molecule has 1 unspecified atom stereocenters. The predicted octanol–water partition coefficient (Wildman–Crippen LogP) is 3.86. The van der Waals surface area contributed by atoms with Crippen LogP contribution in [0.25, 0.3) is 0 Å². The van der Waals surface area contributed by atoms with Gasteiger partial charge in [0.1, 0.15) is 11.3 Å². The van der Waals surface area contributed by atoms with Crippen LogP contribution in [0.5, 0.6) is 5.75 Å². The number of rotatable bonds is 5. The molecule has 2 aromatic carbocycles. The number of benzene rings is 2. The summed E-state index contributed by atoms with van der Waals surface area (Å²) in [4.78, 5) is 27.2. The zero-order chi connectivity index (χ0) is 19.7. The lowest BCUT2D eigenvalue weighted by atomic mass is 9.76. The van der Waals surface area contributed by atoms with Gasteiger partial charge in [-0.1, -0.05) is 36.4 Å². The molecule has 1 aliphatic carbocycles. The third kappa shape index (κ3) is 3.15. The van der Waals surface area contributed by atoms with Crippen molar-refractivity contribution in [1.82, 2.24) is 10.2 Å². The largest absolute Gasteiger partial charge is 0.493 e. The first-order valence-electron chi connectivity index (χ1n) is 9.94. The quantitative estimate of drug-likeness (QED) is 0.635. The van der Waals surface area contributed by atoms with E-state index in [4.69, 9.17) is 4.74 Å². The molecule has 0 radical (unpaired) electrons. The number of fused-ring (bicyclic) bond motifs is 2. The lowest BCUT2D eigenvalue weighted by Crippen LogP contribution is -2.46. The number of carbonyl (C=O) groups excluding carboxylic acids is 2. The molecule has 146 valence electrons. The summed E-state index contributed by atoms with van der Waals surface area (Å²) in [5, 5.41) is 3.00. The van der Waals surface area contributed by atoms with Gasteiger partial charge in [0.25, 0.3) is 5.91 Å². The highest BCUT2D eigenvalue weighted by Gasteiger charge is 2.53. The van der Waals surface area contributed by atoms with Gasteiger partial charge in [0.05, 0.1) is 6.61 Å². The summed E-state index contributed by atoms with van der Waals surface area (Å²) in [6, 6.07) is 13.7. The first-order chi connectivity index (χ1) is 13.5. The van der Waals surface area contributed by atoms with Gasteiger partial charge in [0.2, 0.25) is 0 Å². The van der Waals surface area contributed by atoms with E-state index in [9.17, 15) is 9.59 Å². The van der Waals surface area contributed by atoms with Crippen molar-refractivity contribution in [2.45, 2.75) is 45.1 Å². The molecule has 28 heavy (non-hydrogen) atoms. The van der Waals surface area contributed by atoms with Crippen LogP contribution in [0.15, 0.2) is 42.5 Å². The van der Waals surface area contributed by atoms with E-state index in [1.807, 2.05) is 44.2 Å². The molecule has 1 fully saturated rings. The normalized spacial score (nSPS) is 21.0. The Hall–Kier alpha value is -2.82. The zero-order valence-electron chi connectivity index (χ0n) is 16.5. The molecule has 1 spiro atoms. The molecule has 1 saturated heterocycles. The molecule has 5 heteroatoms. The fourth-order valence-electron chi connectivity index (χ4n) is 4.28. The molecule has 0 saturated carbocycles. The van der Waals surface area contributed by atoms with E-state index in [0.29, 0.717) is 26.0 Å². The second kappa shape index (κ2) is 7.30. The fraction of sp³-hybridized carbons (Fsp3) is 0.391. The second-order valence-corrected chi connectivity index (χ2v) is 7.77. The van der Waals surface area contributed by atoms with Crippen LogP contribution >= 0.6 is 0 Å². The van der Waals surface area contributed by atoms with Gasteiger partial charge in [0, 0.05) is 6.54 Å². The van der Waals surface area contributed by atoms with E-state index >= 15 is 0 Å². The van der Waals surface area contributed by atoms with Crippen molar-refractivity contribution in [1.29, 1.82) is 0 Å². The number of amides is 3. The second-order valence-electron chi connectivity index (χ2n) is 7.77. The van der Waals surface area contributed by atoms with Crippen LogP contribution in [0.1, 0.15) is 41.5 Å². The summed E-state index contributed by atoms with van der Waals surface area (Å²) in [5.74, 6) is 0.728. The standard InChI is InChI=1S/C23H26N2O3/c1-16-10-11-17(2)20(15-16)28-14-6-13-25-21(26)23(24-22(25)27)12-5-8-18-7-3-4-9-19(18)23/h3-4,7,9-11,15H,5-6,8,12-14H2,1-2H3,(H,24,27). The molecule has 4 rings (SSSR count). The van der Waals surface area contributed by atoms with E-state index < -0.39 is 5.54 Å². The van der Waals surface area contributed by atoms with Crippen molar-refractivity contribution in [3.8, 4) is 5.75 Å². The predicted molar refractivity (Wildman–Crippen MR) is 107 cm³/mol. The van der Waals surface area contributed by atoms with Crippen LogP contribution in [0.4, 0.5) is 4.79 Å². The number of nitrogens with zero attached hydrogens (tertiary/aromatic N) is 1. The minimum Gasteiger partial charge on any atom is -0.493 e. The maximum atomic E-state index is 13.2. The van der Waals surface area contributed by atoms with Crippen molar-refractivity contribution in [2.24, 2.45) is 0 Å². The highest BCUT2D eigenvalue weighted by Crippen LogP contribution is 2.39. The third-order valence-corrected chi connectivity index (χ3v) is 5.78. The Kier molecular flexibility index (Phi) is 4.84. The van der Waals surface area contributed by atoms with E-state index in [2.05, 4.69) is 17.4 Å². The Bertz CT molecular complexity index is 924. The molecule has 5 nitrogen and oxygen atoms in total. The number of urea groups is 1. The van der Waals surface area contributed by atoms with Gasteiger partial charge in [-0.2, -0.15) is 0 Å². The van der Waals surface area contributed by atoms with Gasteiger partial charge in [-0.3, -0.25) is 9.69 Å². The number of hydrogen-bond acceptors (Lipinski definition) is 3. The molecule has 0 aromatic heterocycles. The molecule has 0 bridgehead atoms. The number of aryl methyl sites for hydroxylation is 3. The minimum atomic E-state index is -0.889. The highest BCUT2D eigenvalue weighted by molar-refractivity contribution is 6.07. The van der Waals surface area contributed by atoms with E-state index in [0.717, 1.165) is 40.8 Å². The monoisotopic (exact) mass is 378 g/mol. The topological polar surface area (TPSA) is 58.6 Å². The summed E-state index contributed by atoms with van der Waals surface area (Å²) in [6.07, 6.45) is 3.10. The Balaban J connectivity index is 1.42. The number of nitrogens with one attached hydrogen (secondary N) is 1. The number of hydrogen-bond donors (Lipinski definition) is 1. The first kappa shape index (κ1) is 18.5. The molecule has 3 amide bonds. The van der Waals surface area contributed by atoms with Gasteiger partial charge in [-0.15, -0.1) is 0 Å². The van der Waals surface area contributed by atoms with Crippen LogP contribution in [-0.4, -0.2) is 30.0 Å². The summed E-state index contributed by atoms with van der Waals surface area (Å²) < 4.78 is 5.87. The van der Waals surface area contributed by atoms with Crippen LogP contribution in [0, 0.1) is 13.8 Å². The molecule has 1 atom stereocenters. The Morgan fingerprint density at radius 2 is 1.96 bits per heavy atom. The van der Waals surface area contributed by atoms with Gasteiger partial charge < -0.3 is 10.1 Å². The van der Waals surface area contributed by atoms with Crippen molar-refractivity contribution in [3.05, 3.63) is 64.7 Å². The van der Waals surface area contributed by atoms with Gasteiger partial charge >= 0.3 is 6.03 Å². The molecule has 2 aromatic rings. The van der Waals surface area contributed by atoms with E-state index in [1.165, 1.54) is 4.90 Å². The van der Waals surface area contributed by atoms with Crippen LogP contribution in [-0.2, 0) is 16.8 Å². The molecular weight excluding hydrogens is 352 g/mol. The average Bonchev–Trinajstić information content (AvgIpc) is 2.92. The van der Waals surface area contributed by atoms with E-state index in [1.54, 1.807) is 0 Å². The summed E-state index contributed by atoms with van der Waals surface area (Å²) in [6.45, 7) is 4.86. The highest BCUT2D eigenvalue weighted by atomic mass is 16.5. The lowest BCUT2D eigenvalue weighted by Gasteiger charge is -2.33. The van der Waals surface area contributed by atoms with Crippen LogP contribution < -0.4 is 10.1 Å². The lowest BCUT2D eigenvalue weighted by molar-refractivity contribution is -0.132. The van der Waals surface area contributed by atoms with Crippen LogP contribution in [0.2, 0.25) is 0 Å². The van der Waals surface area contributed by atoms with Crippen LogP contribution in [0.3, 0.4) is 0 Å². The Labute approximate surface area is 165 Å². The summed E-state index contributed by atoms with van der Waals surface area (Å²) >= 11 is 0.